The van der Waals surface area contributed by atoms with Gasteiger partial charge >= 0.3 is 0 Å². The molecule has 2 heterocycles. The second-order valence-corrected chi connectivity index (χ2v) is 6.00. The van der Waals surface area contributed by atoms with Crippen LogP contribution in [-0.2, 0) is 4.74 Å². The van der Waals surface area contributed by atoms with Crippen molar-refractivity contribution in [2.24, 2.45) is 11.7 Å². The minimum Gasteiger partial charge on any atom is -0.374 e. The molecule has 1 aromatic heterocycles. The summed E-state index contributed by atoms with van der Waals surface area (Å²) < 4.78 is 5.66. The van der Waals surface area contributed by atoms with E-state index in [-0.39, 0.29) is 6.10 Å². The first-order chi connectivity index (χ1) is 8.38. The summed E-state index contributed by atoms with van der Waals surface area (Å²) in [6.07, 6.45) is 2.99. The van der Waals surface area contributed by atoms with Gasteiger partial charge in [-0.3, -0.25) is 4.90 Å². The molecule has 0 amide bonds. The van der Waals surface area contributed by atoms with Crippen molar-refractivity contribution in [1.29, 1.82) is 0 Å². The highest BCUT2D eigenvalue weighted by Gasteiger charge is 2.38. The van der Waals surface area contributed by atoms with Crippen LogP contribution in [0.2, 0.25) is 0 Å². The highest BCUT2D eigenvalue weighted by molar-refractivity contribution is 7.10. The number of hydrogen-bond acceptors (Lipinski definition) is 4. The van der Waals surface area contributed by atoms with E-state index in [4.69, 9.17) is 10.5 Å². The van der Waals surface area contributed by atoms with E-state index in [0.717, 1.165) is 25.6 Å². The third kappa shape index (κ3) is 2.55. The monoisotopic (exact) mass is 252 g/mol. The highest BCUT2D eigenvalue weighted by Crippen LogP contribution is 2.46. The third-order valence-corrected chi connectivity index (χ3v) is 4.67. The van der Waals surface area contributed by atoms with Crippen molar-refractivity contribution in [3.8, 4) is 0 Å². The lowest BCUT2D eigenvalue weighted by atomic mass is 10.1. The van der Waals surface area contributed by atoms with Crippen LogP contribution in [0.5, 0.6) is 0 Å². The molecule has 2 unspecified atom stereocenters. The average Bonchev–Trinajstić information content (AvgIpc) is 3.05. The number of thiophene rings is 1. The van der Waals surface area contributed by atoms with Crippen LogP contribution in [0.15, 0.2) is 17.5 Å². The van der Waals surface area contributed by atoms with Crippen LogP contribution in [0.25, 0.3) is 0 Å². The van der Waals surface area contributed by atoms with Gasteiger partial charge in [-0.05, 0) is 30.2 Å². The quantitative estimate of drug-likeness (QED) is 0.889. The molecule has 94 valence electrons. The fraction of sp³-hybridized carbons (Fsp3) is 0.692. The highest BCUT2D eigenvalue weighted by atomic mass is 32.1. The van der Waals surface area contributed by atoms with Crippen LogP contribution < -0.4 is 5.73 Å². The predicted molar refractivity (Wildman–Crippen MR) is 70.2 cm³/mol. The Morgan fingerprint density at radius 1 is 1.53 bits per heavy atom. The van der Waals surface area contributed by atoms with Crippen molar-refractivity contribution in [2.75, 3.05) is 26.2 Å². The smallest absolute Gasteiger partial charge is 0.0824 e. The molecule has 0 bridgehead atoms. The maximum Gasteiger partial charge on any atom is 0.0824 e. The van der Waals surface area contributed by atoms with Gasteiger partial charge in [-0.15, -0.1) is 11.3 Å². The predicted octanol–water partition coefficient (Wildman–Crippen LogP) is 1.86. The molecule has 3 rings (SSSR count). The Hall–Kier alpha value is -0.420. The van der Waals surface area contributed by atoms with Gasteiger partial charge in [0.2, 0.25) is 0 Å². The molecule has 0 aromatic carbocycles. The summed E-state index contributed by atoms with van der Waals surface area (Å²) in [6, 6.07) is 5.06. The van der Waals surface area contributed by atoms with Crippen molar-refractivity contribution < 1.29 is 4.74 Å². The Kier molecular flexibility index (Phi) is 3.47. The molecular formula is C13H20N2OS. The van der Waals surface area contributed by atoms with Gasteiger partial charge < -0.3 is 10.5 Å². The molecule has 1 aliphatic carbocycles. The summed E-state index contributed by atoms with van der Waals surface area (Å²) in [5.74, 6) is 0.866. The Morgan fingerprint density at radius 3 is 3.06 bits per heavy atom. The second-order valence-electron chi connectivity index (χ2n) is 5.02. The van der Waals surface area contributed by atoms with E-state index in [1.165, 1.54) is 17.7 Å². The number of morpholine rings is 1. The lowest BCUT2D eigenvalue weighted by Gasteiger charge is -2.37. The van der Waals surface area contributed by atoms with E-state index in [2.05, 4.69) is 22.4 Å². The van der Waals surface area contributed by atoms with Crippen LogP contribution in [-0.4, -0.2) is 37.2 Å². The van der Waals surface area contributed by atoms with Gasteiger partial charge in [0.25, 0.3) is 0 Å². The molecule has 0 radical (unpaired) electrons. The van der Waals surface area contributed by atoms with E-state index < -0.39 is 0 Å². The normalized spacial score (nSPS) is 28.2. The summed E-state index contributed by atoms with van der Waals surface area (Å²) >= 11 is 1.89. The SMILES string of the molecule is NCC1CN(C(c2cccs2)C2CC2)CCO1. The van der Waals surface area contributed by atoms with Crippen LogP contribution >= 0.6 is 11.3 Å². The van der Waals surface area contributed by atoms with Crippen LogP contribution in [0.1, 0.15) is 23.8 Å². The molecule has 2 N–H and O–H groups in total. The zero-order valence-corrected chi connectivity index (χ0v) is 10.9. The standard InChI is InChI=1S/C13H20N2OS/c14-8-11-9-15(5-6-16-11)13(10-3-4-10)12-2-1-7-17-12/h1-2,7,10-11,13H,3-6,8-9,14H2. The van der Waals surface area contributed by atoms with Crippen molar-refractivity contribution in [1.82, 2.24) is 4.90 Å². The summed E-state index contributed by atoms with van der Waals surface area (Å²) in [7, 11) is 0. The van der Waals surface area contributed by atoms with E-state index in [1.54, 1.807) is 0 Å². The maximum absolute atomic E-state index is 5.73. The van der Waals surface area contributed by atoms with Crippen molar-refractivity contribution in [3.05, 3.63) is 22.4 Å². The summed E-state index contributed by atoms with van der Waals surface area (Å²) in [5.41, 5.74) is 5.73. The summed E-state index contributed by atoms with van der Waals surface area (Å²) in [4.78, 5) is 4.11. The first-order valence-corrected chi connectivity index (χ1v) is 7.35. The number of rotatable bonds is 4. The Morgan fingerprint density at radius 2 is 2.41 bits per heavy atom. The molecular weight excluding hydrogens is 232 g/mol. The van der Waals surface area contributed by atoms with Crippen molar-refractivity contribution in [2.45, 2.75) is 25.0 Å². The van der Waals surface area contributed by atoms with E-state index in [1.807, 2.05) is 11.3 Å². The third-order valence-electron chi connectivity index (χ3n) is 3.73. The number of ether oxygens (including phenoxy) is 1. The van der Waals surface area contributed by atoms with Gasteiger partial charge in [0.05, 0.1) is 12.7 Å². The zero-order valence-electron chi connectivity index (χ0n) is 10.0. The van der Waals surface area contributed by atoms with Gasteiger partial charge in [-0.1, -0.05) is 6.07 Å². The zero-order chi connectivity index (χ0) is 11.7. The Labute approximate surface area is 107 Å². The topological polar surface area (TPSA) is 38.5 Å². The van der Waals surface area contributed by atoms with Gasteiger partial charge in [-0.2, -0.15) is 0 Å². The van der Waals surface area contributed by atoms with Crippen LogP contribution in [0.4, 0.5) is 0 Å². The Bertz CT molecular complexity index is 350. The molecule has 2 atom stereocenters. The molecule has 1 aromatic rings. The molecule has 1 saturated carbocycles. The molecule has 2 aliphatic rings. The number of hydrogen-bond donors (Lipinski definition) is 1. The first kappa shape index (κ1) is 11.7. The summed E-state index contributed by atoms with van der Waals surface area (Å²) in [6.45, 7) is 3.51. The van der Waals surface area contributed by atoms with Crippen LogP contribution in [0.3, 0.4) is 0 Å². The first-order valence-electron chi connectivity index (χ1n) is 6.47. The number of nitrogens with two attached hydrogens (primary N) is 1. The maximum atomic E-state index is 5.73. The Balaban J connectivity index is 1.74. The van der Waals surface area contributed by atoms with E-state index >= 15 is 0 Å². The van der Waals surface area contributed by atoms with Gasteiger partial charge in [0.15, 0.2) is 0 Å². The minimum absolute atomic E-state index is 0.227. The molecule has 17 heavy (non-hydrogen) atoms. The largest absolute Gasteiger partial charge is 0.374 e. The fourth-order valence-electron chi connectivity index (χ4n) is 2.72. The number of nitrogens with zero attached hydrogens (tertiary/aromatic N) is 1. The molecule has 1 aliphatic heterocycles. The second kappa shape index (κ2) is 5.06. The lowest BCUT2D eigenvalue weighted by Crippen LogP contribution is -2.47. The van der Waals surface area contributed by atoms with Gasteiger partial charge in [0, 0.05) is 30.6 Å². The van der Waals surface area contributed by atoms with Gasteiger partial charge in [0.1, 0.15) is 0 Å². The van der Waals surface area contributed by atoms with Gasteiger partial charge in [-0.25, -0.2) is 0 Å². The molecule has 0 spiro atoms. The van der Waals surface area contributed by atoms with Crippen LogP contribution in [0, 0.1) is 5.92 Å². The minimum atomic E-state index is 0.227. The lowest BCUT2D eigenvalue weighted by molar-refractivity contribution is -0.0418. The van der Waals surface area contributed by atoms with E-state index in [0.29, 0.717) is 12.6 Å². The fourth-order valence-corrected chi connectivity index (χ4v) is 3.67. The van der Waals surface area contributed by atoms with E-state index in [9.17, 15) is 0 Å². The molecule has 1 saturated heterocycles. The average molecular weight is 252 g/mol. The van der Waals surface area contributed by atoms with Crippen molar-refractivity contribution in [3.63, 3.8) is 0 Å². The molecule has 3 nitrogen and oxygen atoms in total. The van der Waals surface area contributed by atoms with Crippen molar-refractivity contribution >= 4 is 11.3 Å². The molecule has 2 fully saturated rings. The summed E-state index contributed by atoms with van der Waals surface area (Å²) in [5, 5.41) is 2.19. The molecule has 4 heteroatoms.